The van der Waals surface area contributed by atoms with Gasteiger partial charge in [-0.2, -0.15) is 9.78 Å². The molecule has 0 aromatic carbocycles. The molecule has 0 saturated carbocycles. The highest BCUT2D eigenvalue weighted by atomic mass is 16.6. The third-order valence-electron chi connectivity index (χ3n) is 3.96. The van der Waals surface area contributed by atoms with Crippen LogP contribution < -0.4 is 5.32 Å². The number of aryl methyl sites for hydroxylation is 2. The molecule has 0 fully saturated rings. The van der Waals surface area contributed by atoms with Gasteiger partial charge in [0.25, 0.3) is 0 Å². The van der Waals surface area contributed by atoms with Gasteiger partial charge in [0.05, 0.1) is 21.8 Å². The highest BCUT2D eigenvalue weighted by Crippen LogP contribution is 2.29. The van der Waals surface area contributed by atoms with Gasteiger partial charge in [0.15, 0.2) is 0 Å². The van der Waals surface area contributed by atoms with E-state index in [2.05, 4.69) is 15.5 Å². The predicted octanol–water partition coefficient (Wildman–Crippen LogP) is 1.41. The maximum Gasteiger partial charge on any atom is 0.468 e. The minimum absolute atomic E-state index is 0.0560. The molecule has 0 aliphatic heterocycles. The molecular weight excluding hydrogens is 346 g/mol. The molecule has 0 aliphatic carbocycles. The second kappa shape index (κ2) is 7.29. The minimum Gasteiger partial charge on any atom is -0.358 e. The lowest BCUT2D eigenvalue weighted by atomic mass is 10.1. The van der Waals surface area contributed by atoms with E-state index >= 15 is 0 Å². The Labute approximate surface area is 148 Å². The summed E-state index contributed by atoms with van der Waals surface area (Å²) in [4.78, 5) is 32.4. The number of hydrogen-bond acceptors (Lipinski definition) is 7. The third kappa shape index (κ3) is 3.68. The number of carbonyl (C=O) groups excluding carboxylic acids is 1. The first-order chi connectivity index (χ1) is 12.1. The molecule has 140 valence electrons. The molecule has 26 heavy (non-hydrogen) atoms. The number of nitrogens with zero attached hydrogens (tertiary/aromatic N) is 6. The van der Waals surface area contributed by atoms with Crippen LogP contribution >= 0.6 is 0 Å². The van der Waals surface area contributed by atoms with Crippen molar-refractivity contribution in [2.24, 2.45) is 0 Å². The molecular formula is C14H19N7O5. The van der Waals surface area contributed by atoms with Crippen molar-refractivity contribution in [2.45, 2.75) is 46.8 Å². The predicted molar refractivity (Wildman–Crippen MR) is 89.5 cm³/mol. The average Bonchev–Trinajstić information content (AvgIpc) is 3.08. The summed E-state index contributed by atoms with van der Waals surface area (Å²) in [5, 5.41) is 32.6. The van der Waals surface area contributed by atoms with Crippen LogP contribution in [0.4, 0.5) is 11.5 Å². The molecule has 0 aliphatic rings. The molecule has 0 spiro atoms. The zero-order valence-electron chi connectivity index (χ0n) is 14.8. The van der Waals surface area contributed by atoms with E-state index in [1.807, 2.05) is 20.0 Å². The summed E-state index contributed by atoms with van der Waals surface area (Å²) in [6.45, 7) is 7.19. The molecule has 2 aromatic rings. The molecule has 1 N–H and O–H groups in total. The van der Waals surface area contributed by atoms with E-state index in [4.69, 9.17) is 0 Å². The zero-order valence-corrected chi connectivity index (χ0v) is 14.8. The largest absolute Gasteiger partial charge is 0.468 e. The van der Waals surface area contributed by atoms with E-state index in [1.54, 1.807) is 11.6 Å². The molecule has 12 nitrogen and oxygen atoms in total. The highest BCUT2D eigenvalue weighted by molar-refractivity contribution is 5.76. The van der Waals surface area contributed by atoms with Gasteiger partial charge in [0.1, 0.15) is 12.2 Å². The van der Waals surface area contributed by atoms with Gasteiger partial charge in [0, 0.05) is 18.3 Å². The van der Waals surface area contributed by atoms with Crippen molar-refractivity contribution < 1.29 is 14.6 Å². The Balaban J connectivity index is 2.17. The monoisotopic (exact) mass is 365 g/mol. The van der Waals surface area contributed by atoms with Gasteiger partial charge in [-0.15, -0.1) is 0 Å². The molecule has 0 bridgehead atoms. The lowest BCUT2D eigenvalue weighted by Crippen LogP contribution is -2.31. The summed E-state index contributed by atoms with van der Waals surface area (Å²) in [7, 11) is 0. The number of nitro groups is 2. The summed E-state index contributed by atoms with van der Waals surface area (Å²) in [6, 6.07) is -0.344. The third-order valence-corrected chi connectivity index (χ3v) is 3.96. The Hall–Kier alpha value is -3.31. The molecule has 1 atom stereocenters. The van der Waals surface area contributed by atoms with E-state index in [-0.39, 0.29) is 18.3 Å². The van der Waals surface area contributed by atoms with Crippen LogP contribution in [0.2, 0.25) is 0 Å². The van der Waals surface area contributed by atoms with Crippen LogP contribution in [-0.2, 0) is 17.9 Å². The molecule has 2 rings (SSSR count). The van der Waals surface area contributed by atoms with Crippen molar-refractivity contribution >= 4 is 17.4 Å². The Bertz CT molecular complexity index is 869. The molecule has 12 heteroatoms. The van der Waals surface area contributed by atoms with Crippen LogP contribution in [-0.4, -0.2) is 35.3 Å². The fraction of sp³-hybridized carbons (Fsp3) is 0.500. The van der Waals surface area contributed by atoms with E-state index in [0.29, 0.717) is 6.54 Å². The van der Waals surface area contributed by atoms with Gasteiger partial charge >= 0.3 is 11.5 Å². The second-order valence-corrected chi connectivity index (χ2v) is 5.74. The smallest absolute Gasteiger partial charge is 0.358 e. The molecule has 0 saturated heterocycles. The van der Waals surface area contributed by atoms with Crippen molar-refractivity contribution in [1.82, 2.24) is 24.9 Å². The first-order valence-electron chi connectivity index (χ1n) is 7.85. The Morgan fingerprint density at radius 2 is 1.92 bits per heavy atom. The van der Waals surface area contributed by atoms with Crippen LogP contribution in [0.25, 0.3) is 0 Å². The molecule has 1 unspecified atom stereocenters. The van der Waals surface area contributed by atoms with Gasteiger partial charge < -0.3 is 15.4 Å². The van der Waals surface area contributed by atoms with Crippen molar-refractivity contribution in [3.05, 3.63) is 43.4 Å². The average molecular weight is 365 g/mol. The molecule has 0 radical (unpaired) electrons. The SMILES string of the molecule is CCn1cc(C(C)NC(=O)Cn2nc([N+](=O)[O-])c([N+](=O)[O-])c2C)c(C)n1. The first kappa shape index (κ1) is 19.0. The van der Waals surface area contributed by atoms with Crippen LogP contribution in [0.5, 0.6) is 0 Å². The highest BCUT2D eigenvalue weighted by Gasteiger charge is 2.35. The lowest BCUT2D eigenvalue weighted by molar-refractivity contribution is -0.424. The van der Waals surface area contributed by atoms with Gasteiger partial charge in [-0.3, -0.25) is 19.6 Å². The second-order valence-electron chi connectivity index (χ2n) is 5.74. The fourth-order valence-electron chi connectivity index (χ4n) is 2.63. The number of nitrogens with one attached hydrogen (secondary N) is 1. The summed E-state index contributed by atoms with van der Waals surface area (Å²) < 4.78 is 2.71. The van der Waals surface area contributed by atoms with Crippen molar-refractivity contribution in [3.63, 3.8) is 0 Å². The molecule has 2 heterocycles. The lowest BCUT2D eigenvalue weighted by Gasteiger charge is -2.12. The van der Waals surface area contributed by atoms with Gasteiger partial charge in [0.2, 0.25) is 5.91 Å². The molecule has 1 amide bonds. The summed E-state index contributed by atoms with van der Waals surface area (Å²) in [5.41, 5.74) is 0.853. The van der Waals surface area contributed by atoms with Crippen LogP contribution in [0, 0.1) is 34.1 Å². The van der Waals surface area contributed by atoms with E-state index in [1.165, 1.54) is 6.92 Å². The number of rotatable bonds is 7. The Kier molecular flexibility index (Phi) is 5.33. The summed E-state index contributed by atoms with van der Waals surface area (Å²) in [5.74, 6) is -1.36. The van der Waals surface area contributed by atoms with Gasteiger partial charge in [-0.25, -0.2) is 0 Å². The van der Waals surface area contributed by atoms with Crippen molar-refractivity contribution in [1.29, 1.82) is 0 Å². The first-order valence-corrected chi connectivity index (χ1v) is 7.85. The number of carbonyl (C=O) groups is 1. The number of hydrogen-bond donors (Lipinski definition) is 1. The van der Waals surface area contributed by atoms with E-state index < -0.39 is 27.3 Å². The van der Waals surface area contributed by atoms with E-state index in [0.717, 1.165) is 15.9 Å². The van der Waals surface area contributed by atoms with Gasteiger partial charge in [-0.1, -0.05) is 0 Å². The topological polar surface area (TPSA) is 151 Å². The quantitative estimate of drug-likeness (QED) is 0.575. The van der Waals surface area contributed by atoms with E-state index in [9.17, 15) is 25.0 Å². The molecule has 2 aromatic heterocycles. The summed E-state index contributed by atoms with van der Waals surface area (Å²) in [6.07, 6.45) is 1.83. The van der Waals surface area contributed by atoms with Gasteiger partial charge in [-0.05, 0) is 32.6 Å². The zero-order chi connectivity index (χ0) is 19.6. The fourth-order valence-corrected chi connectivity index (χ4v) is 2.63. The van der Waals surface area contributed by atoms with Crippen molar-refractivity contribution in [2.75, 3.05) is 0 Å². The number of aromatic nitrogens is 4. The van der Waals surface area contributed by atoms with Crippen molar-refractivity contribution in [3.8, 4) is 0 Å². The minimum atomic E-state index is -0.940. The maximum atomic E-state index is 12.3. The van der Waals surface area contributed by atoms with Crippen LogP contribution in [0.1, 0.15) is 36.8 Å². The Morgan fingerprint density at radius 3 is 2.38 bits per heavy atom. The summed E-state index contributed by atoms with van der Waals surface area (Å²) >= 11 is 0. The Morgan fingerprint density at radius 1 is 1.27 bits per heavy atom. The standard InChI is InChI=1S/C14H19N7O5/c1-5-18-6-11(9(3)16-18)8(2)15-12(22)7-19-10(4)13(20(23)24)14(17-19)21(25)26/h6,8H,5,7H2,1-4H3,(H,15,22). The van der Waals surface area contributed by atoms with Crippen LogP contribution in [0.15, 0.2) is 6.20 Å². The number of amides is 1. The normalized spacial score (nSPS) is 12.0. The maximum absolute atomic E-state index is 12.3. The van der Waals surface area contributed by atoms with Crippen LogP contribution in [0.3, 0.4) is 0 Å².